The predicted octanol–water partition coefficient (Wildman–Crippen LogP) is 3.09. The summed E-state index contributed by atoms with van der Waals surface area (Å²) in [5.41, 5.74) is 0. The molecule has 2 aliphatic rings. The van der Waals surface area contributed by atoms with Crippen LogP contribution in [0.5, 0.6) is 0 Å². The molecule has 2 radical (unpaired) electrons. The molecule has 2 rings (SSSR count). The molecule has 6 heteroatoms. The number of fused-ring (bicyclic) bond motifs is 1. The molecule has 1 heterocycles. The minimum absolute atomic E-state index is 0.0963. The highest BCUT2D eigenvalue weighted by molar-refractivity contribution is 6.74. The van der Waals surface area contributed by atoms with E-state index in [0.29, 0.717) is 13.0 Å². The largest absolute Gasteiger partial charge is 0.415 e. The summed E-state index contributed by atoms with van der Waals surface area (Å²) in [4.78, 5) is 25.5. The second kappa shape index (κ2) is 5.96. The van der Waals surface area contributed by atoms with Crippen LogP contribution in [0.15, 0.2) is 12.2 Å². The molecule has 0 aromatic rings. The number of nitrogens with zero attached hydrogens (tertiary/aromatic N) is 1. The fraction of sp³-hybridized carbons (Fsp3) is 0.750. The van der Waals surface area contributed by atoms with Gasteiger partial charge in [-0.05, 0) is 36.9 Å². The summed E-state index contributed by atoms with van der Waals surface area (Å²) < 4.78 is 6.27. The maximum absolute atomic E-state index is 12.5. The highest BCUT2D eigenvalue weighted by Crippen LogP contribution is 2.41. The van der Waals surface area contributed by atoms with Crippen molar-refractivity contribution in [2.24, 2.45) is 11.8 Å². The van der Waals surface area contributed by atoms with E-state index < -0.39 is 14.1 Å². The Hall–Kier alpha value is -0.878. The van der Waals surface area contributed by atoms with Gasteiger partial charge in [-0.15, -0.1) is 0 Å². The van der Waals surface area contributed by atoms with E-state index in [1.165, 1.54) is 4.90 Å². The number of rotatable bonds is 3. The van der Waals surface area contributed by atoms with Gasteiger partial charge in [0.05, 0.1) is 12.6 Å². The van der Waals surface area contributed by atoms with Crippen molar-refractivity contribution in [1.82, 2.24) is 4.90 Å². The maximum atomic E-state index is 12.5. The predicted molar refractivity (Wildman–Crippen MR) is 90.3 cm³/mol. The van der Waals surface area contributed by atoms with Gasteiger partial charge in [-0.3, -0.25) is 14.5 Å². The minimum atomic E-state index is -1.92. The van der Waals surface area contributed by atoms with Gasteiger partial charge in [0.15, 0.2) is 14.1 Å². The maximum Gasteiger partial charge on any atom is 0.232 e. The number of likely N-dealkylation sites (tertiary alicyclic amines) is 1. The standard InChI is InChI=1S/C16H26BNO3Si/c1-16(2,3)22(4,5)21-10-13-11-8-6-7-9-12(11)14(19)18(13)15(17)20/h6-7,11-13H,8-10H2,1-5H3/t11?,12?,13-/m1/s1. The first-order chi connectivity index (χ1) is 10.1. The zero-order valence-corrected chi connectivity index (χ0v) is 15.3. The van der Waals surface area contributed by atoms with Crippen molar-refractivity contribution in [3.8, 4) is 0 Å². The molecule has 3 atom stereocenters. The summed E-state index contributed by atoms with van der Waals surface area (Å²) in [6, 6.07) is -0.228. The normalized spacial score (nSPS) is 28.9. The lowest BCUT2D eigenvalue weighted by molar-refractivity contribution is -0.129. The molecule has 4 nitrogen and oxygen atoms in total. The molecule has 0 N–H and O–H groups in total. The van der Waals surface area contributed by atoms with Crippen LogP contribution >= 0.6 is 0 Å². The van der Waals surface area contributed by atoms with Crippen LogP contribution in [-0.4, -0.2) is 45.4 Å². The highest BCUT2D eigenvalue weighted by Gasteiger charge is 2.50. The van der Waals surface area contributed by atoms with Crippen molar-refractivity contribution in [1.29, 1.82) is 0 Å². The van der Waals surface area contributed by atoms with E-state index >= 15 is 0 Å². The van der Waals surface area contributed by atoms with Crippen LogP contribution in [0, 0.1) is 11.8 Å². The summed E-state index contributed by atoms with van der Waals surface area (Å²) in [5.74, 6) is -0.769. The SMILES string of the molecule is [B]C(=O)N1C(=O)C2CC=CCC2[C@H]1CO[Si](C)(C)C(C)(C)C. The molecule has 0 bridgehead atoms. The van der Waals surface area contributed by atoms with Crippen molar-refractivity contribution >= 4 is 27.9 Å². The average molecular weight is 319 g/mol. The quantitative estimate of drug-likeness (QED) is 0.593. The van der Waals surface area contributed by atoms with E-state index in [1.54, 1.807) is 0 Å². The van der Waals surface area contributed by atoms with Gasteiger partial charge in [0, 0.05) is 5.92 Å². The van der Waals surface area contributed by atoms with Crippen LogP contribution in [0.3, 0.4) is 0 Å². The number of hydrogen-bond donors (Lipinski definition) is 0. The fourth-order valence-corrected chi connectivity index (χ4v) is 4.08. The Morgan fingerprint density at radius 1 is 1.36 bits per heavy atom. The second-order valence-electron chi connectivity index (χ2n) is 7.90. The minimum Gasteiger partial charge on any atom is -0.415 e. The molecule has 0 aromatic heterocycles. The lowest BCUT2D eigenvalue weighted by Crippen LogP contribution is -2.48. The van der Waals surface area contributed by atoms with E-state index in [-0.39, 0.29) is 28.8 Å². The zero-order chi connectivity index (χ0) is 16.7. The summed E-state index contributed by atoms with van der Waals surface area (Å²) in [6.45, 7) is 11.3. The Labute approximate surface area is 135 Å². The van der Waals surface area contributed by atoms with Gasteiger partial charge in [0.25, 0.3) is 0 Å². The van der Waals surface area contributed by atoms with Gasteiger partial charge >= 0.3 is 0 Å². The topological polar surface area (TPSA) is 46.6 Å². The summed E-state index contributed by atoms with van der Waals surface area (Å²) in [6.07, 6.45) is 5.63. The molecule has 0 aromatic carbocycles. The smallest absolute Gasteiger partial charge is 0.232 e. The van der Waals surface area contributed by atoms with Gasteiger partial charge < -0.3 is 4.43 Å². The number of carbonyl (C=O) groups excluding carboxylic acids is 2. The lowest BCUT2D eigenvalue weighted by Gasteiger charge is -2.38. The summed E-state index contributed by atoms with van der Waals surface area (Å²) >= 11 is 0. The summed E-state index contributed by atoms with van der Waals surface area (Å²) in [7, 11) is 3.54. The van der Waals surface area contributed by atoms with E-state index in [1.807, 2.05) is 6.08 Å². The number of amides is 2. The highest BCUT2D eigenvalue weighted by atomic mass is 28.4. The van der Waals surface area contributed by atoms with Crippen LogP contribution < -0.4 is 0 Å². The van der Waals surface area contributed by atoms with E-state index in [4.69, 9.17) is 12.3 Å². The van der Waals surface area contributed by atoms with Gasteiger partial charge in [-0.25, -0.2) is 0 Å². The molecule has 22 heavy (non-hydrogen) atoms. The van der Waals surface area contributed by atoms with Crippen LogP contribution in [0.4, 0.5) is 4.79 Å². The van der Waals surface area contributed by atoms with Crippen molar-refractivity contribution < 1.29 is 14.0 Å². The Bertz CT molecular complexity index is 498. The number of allylic oxidation sites excluding steroid dienone is 2. The van der Waals surface area contributed by atoms with E-state index in [2.05, 4.69) is 39.9 Å². The van der Waals surface area contributed by atoms with Crippen molar-refractivity contribution in [2.45, 2.75) is 57.8 Å². The lowest BCUT2D eigenvalue weighted by atomic mass is 9.82. The molecule has 2 unspecified atom stereocenters. The van der Waals surface area contributed by atoms with Gasteiger partial charge in [0.2, 0.25) is 13.8 Å². The number of carbonyl (C=O) groups is 2. The monoisotopic (exact) mass is 319 g/mol. The average Bonchev–Trinajstić information content (AvgIpc) is 2.69. The summed E-state index contributed by atoms with van der Waals surface area (Å²) in [5, 5.41) is 0.0963. The molecule has 0 saturated carbocycles. The van der Waals surface area contributed by atoms with Gasteiger partial charge in [0.1, 0.15) is 0 Å². The third kappa shape index (κ3) is 3.08. The molecular weight excluding hydrogens is 293 g/mol. The van der Waals surface area contributed by atoms with Crippen LogP contribution in [0.1, 0.15) is 33.6 Å². The molecule has 120 valence electrons. The third-order valence-electron chi connectivity index (χ3n) is 5.52. The first-order valence-corrected chi connectivity index (χ1v) is 10.9. The zero-order valence-electron chi connectivity index (χ0n) is 14.3. The van der Waals surface area contributed by atoms with Crippen molar-refractivity contribution in [2.75, 3.05) is 6.61 Å². The molecular formula is C16H26BNO3Si. The molecule has 1 fully saturated rings. The Morgan fingerprint density at radius 3 is 2.50 bits per heavy atom. The first kappa shape index (κ1) is 17.5. The van der Waals surface area contributed by atoms with Crippen molar-refractivity contribution in [3.63, 3.8) is 0 Å². The van der Waals surface area contributed by atoms with Crippen LogP contribution in [0.2, 0.25) is 18.1 Å². The van der Waals surface area contributed by atoms with Gasteiger partial charge in [-0.1, -0.05) is 32.9 Å². The Balaban J connectivity index is 2.18. The second-order valence-corrected chi connectivity index (χ2v) is 12.7. The van der Waals surface area contributed by atoms with E-state index in [0.717, 1.165) is 6.42 Å². The number of hydrogen-bond acceptors (Lipinski definition) is 3. The number of imide groups is 1. The van der Waals surface area contributed by atoms with Gasteiger partial charge in [-0.2, -0.15) is 0 Å². The molecule has 0 spiro atoms. The third-order valence-corrected chi connectivity index (χ3v) is 10.0. The molecule has 1 aliphatic heterocycles. The van der Waals surface area contributed by atoms with Crippen molar-refractivity contribution in [3.05, 3.63) is 12.2 Å². The van der Waals surface area contributed by atoms with E-state index in [9.17, 15) is 9.59 Å². The molecule has 2 amide bonds. The Morgan fingerprint density at radius 2 is 1.95 bits per heavy atom. The first-order valence-electron chi connectivity index (χ1n) is 7.98. The molecule has 1 aliphatic carbocycles. The van der Waals surface area contributed by atoms with Crippen LogP contribution in [0.25, 0.3) is 0 Å². The Kier molecular flexibility index (Phi) is 4.74. The molecule has 1 saturated heterocycles. The fourth-order valence-electron chi connectivity index (χ4n) is 3.06. The van der Waals surface area contributed by atoms with Crippen LogP contribution in [-0.2, 0) is 9.22 Å².